The maximum Gasteiger partial charge on any atom is 0.181 e. The van der Waals surface area contributed by atoms with Crippen molar-refractivity contribution in [1.29, 1.82) is 0 Å². The van der Waals surface area contributed by atoms with Gasteiger partial charge in [-0.2, -0.15) is 0 Å². The zero-order valence-electron chi connectivity index (χ0n) is 24.7. The van der Waals surface area contributed by atoms with E-state index in [0.29, 0.717) is 0 Å². The van der Waals surface area contributed by atoms with Crippen LogP contribution < -0.4 is 0 Å². The van der Waals surface area contributed by atoms with Crippen molar-refractivity contribution in [3.8, 4) is 55.9 Å². The average molecular weight is 591 g/mol. The molecule has 0 spiro atoms. The normalized spacial score (nSPS) is 11.5. The third-order valence-electron chi connectivity index (χ3n) is 8.88. The van der Waals surface area contributed by atoms with Crippen molar-refractivity contribution >= 4 is 32.3 Å². The minimum atomic E-state index is 0.813. The van der Waals surface area contributed by atoms with Crippen LogP contribution in [0.1, 0.15) is 0 Å². The van der Waals surface area contributed by atoms with Gasteiger partial charge in [0.15, 0.2) is 12.8 Å². The minimum Gasteiger partial charge on any atom is -0.451 e. The molecule has 0 aliphatic rings. The Morgan fingerprint density at radius 2 is 0.891 bits per heavy atom. The van der Waals surface area contributed by atoms with Crippen molar-refractivity contribution in [3.05, 3.63) is 159 Å². The molecule has 0 unspecified atom stereocenters. The fraction of sp³-hybridized carbons (Fsp3) is 0. The van der Waals surface area contributed by atoms with Gasteiger partial charge in [-0.25, -0.2) is 9.97 Å². The average Bonchev–Trinajstić information content (AvgIpc) is 3.86. The minimum absolute atomic E-state index is 0.813. The molecule has 4 nitrogen and oxygen atoms in total. The topological polar surface area (TPSA) is 52.1 Å². The molecule has 0 N–H and O–H groups in total. The highest BCUT2D eigenvalue weighted by atomic mass is 16.3. The second kappa shape index (κ2) is 10.7. The number of hydrogen-bond acceptors (Lipinski definition) is 4. The standard InChI is InChI=1S/C42H26N2O2/c1-2-14-33-27(8-1)9-7-17-34(33)28-18-19-37-38(22-28)42(32-13-6-11-30(21-32)40-24-46-26-44-40)36-16-4-3-15-35(36)41(37)31-12-5-10-29(20-31)39-23-45-25-43-39/h1-26H. The quantitative estimate of drug-likeness (QED) is 0.187. The summed E-state index contributed by atoms with van der Waals surface area (Å²) < 4.78 is 10.7. The highest BCUT2D eigenvalue weighted by Gasteiger charge is 2.19. The van der Waals surface area contributed by atoms with E-state index in [9.17, 15) is 0 Å². The molecule has 9 aromatic rings. The lowest BCUT2D eigenvalue weighted by Crippen LogP contribution is -1.93. The molecule has 2 aromatic heterocycles. The summed E-state index contributed by atoms with van der Waals surface area (Å²) in [5.74, 6) is 0. The molecule has 0 fully saturated rings. The Kier molecular flexibility index (Phi) is 6.10. The number of benzene rings is 7. The molecule has 0 bridgehead atoms. The maximum atomic E-state index is 5.33. The SMILES string of the molecule is c1cc(-c2cocn2)cc(-c2c3ccccc3c(-c3cccc(-c4cocn4)c3)c3cc(-c4cccc5ccccc45)ccc23)c1. The lowest BCUT2D eigenvalue weighted by Gasteiger charge is -2.19. The van der Waals surface area contributed by atoms with Gasteiger partial charge in [-0.1, -0.05) is 115 Å². The van der Waals surface area contributed by atoms with Gasteiger partial charge in [0.05, 0.1) is 0 Å². The van der Waals surface area contributed by atoms with Crippen molar-refractivity contribution < 1.29 is 8.83 Å². The first kappa shape index (κ1) is 26.2. The second-order valence-electron chi connectivity index (χ2n) is 11.5. The summed E-state index contributed by atoms with van der Waals surface area (Å²) >= 11 is 0. The van der Waals surface area contributed by atoms with Crippen molar-refractivity contribution in [1.82, 2.24) is 9.97 Å². The predicted molar refractivity (Wildman–Crippen MR) is 186 cm³/mol. The maximum absolute atomic E-state index is 5.33. The van der Waals surface area contributed by atoms with Gasteiger partial charge in [0.2, 0.25) is 0 Å². The number of nitrogens with zero attached hydrogens (tertiary/aromatic N) is 2. The summed E-state index contributed by atoms with van der Waals surface area (Å²) in [7, 11) is 0. The first-order chi connectivity index (χ1) is 22.8. The molecule has 0 amide bonds. The summed E-state index contributed by atoms with van der Waals surface area (Å²) in [6.07, 6.45) is 6.34. The summed E-state index contributed by atoms with van der Waals surface area (Å²) in [6.45, 7) is 0. The van der Waals surface area contributed by atoms with Gasteiger partial charge in [-0.15, -0.1) is 0 Å². The van der Waals surface area contributed by atoms with Gasteiger partial charge in [-0.3, -0.25) is 0 Å². The van der Waals surface area contributed by atoms with Gasteiger partial charge in [0, 0.05) is 11.1 Å². The fourth-order valence-electron chi connectivity index (χ4n) is 6.82. The molecule has 0 aliphatic heterocycles. The molecule has 216 valence electrons. The van der Waals surface area contributed by atoms with E-state index in [2.05, 4.69) is 143 Å². The highest BCUT2D eigenvalue weighted by Crippen LogP contribution is 2.46. The van der Waals surface area contributed by atoms with Crippen LogP contribution in [0, 0.1) is 0 Å². The van der Waals surface area contributed by atoms with Gasteiger partial charge < -0.3 is 8.83 Å². The molecule has 0 aliphatic carbocycles. The van der Waals surface area contributed by atoms with Crippen LogP contribution in [0.4, 0.5) is 0 Å². The van der Waals surface area contributed by atoms with Gasteiger partial charge in [-0.05, 0) is 83.9 Å². The van der Waals surface area contributed by atoms with Crippen LogP contribution in [-0.2, 0) is 0 Å². The summed E-state index contributed by atoms with van der Waals surface area (Å²) in [6, 6.07) is 47.9. The second-order valence-corrected chi connectivity index (χ2v) is 11.5. The van der Waals surface area contributed by atoms with E-state index >= 15 is 0 Å². The first-order valence-corrected chi connectivity index (χ1v) is 15.3. The molecular weight excluding hydrogens is 564 g/mol. The highest BCUT2D eigenvalue weighted by molar-refractivity contribution is 6.22. The first-order valence-electron chi connectivity index (χ1n) is 15.3. The van der Waals surface area contributed by atoms with Gasteiger partial charge in [0.25, 0.3) is 0 Å². The van der Waals surface area contributed by atoms with Crippen molar-refractivity contribution in [3.63, 3.8) is 0 Å². The van der Waals surface area contributed by atoms with E-state index in [1.807, 2.05) is 0 Å². The van der Waals surface area contributed by atoms with Crippen LogP contribution >= 0.6 is 0 Å². The lowest BCUT2D eigenvalue weighted by atomic mass is 9.84. The molecule has 0 radical (unpaired) electrons. The van der Waals surface area contributed by atoms with Crippen molar-refractivity contribution in [2.24, 2.45) is 0 Å². The largest absolute Gasteiger partial charge is 0.451 e. The Morgan fingerprint density at radius 1 is 0.370 bits per heavy atom. The van der Waals surface area contributed by atoms with E-state index in [1.165, 1.54) is 67.4 Å². The zero-order chi connectivity index (χ0) is 30.5. The van der Waals surface area contributed by atoms with Crippen LogP contribution in [0.15, 0.2) is 168 Å². The Bertz CT molecular complexity index is 2520. The summed E-state index contributed by atoms with van der Waals surface area (Å²) in [4.78, 5) is 8.85. The van der Waals surface area contributed by atoms with E-state index in [0.717, 1.165) is 33.6 Å². The van der Waals surface area contributed by atoms with Crippen LogP contribution in [-0.4, -0.2) is 9.97 Å². The van der Waals surface area contributed by atoms with Gasteiger partial charge >= 0.3 is 0 Å². The van der Waals surface area contributed by atoms with E-state index in [1.54, 1.807) is 12.5 Å². The van der Waals surface area contributed by atoms with Crippen LogP contribution in [0.25, 0.3) is 88.2 Å². The number of rotatable bonds is 5. The van der Waals surface area contributed by atoms with Crippen LogP contribution in [0.2, 0.25) is 0 Å². The lowest BCUT2D eigenvalue weighted by molar-refractivity contribution is 0.558. The molecule has 46 heavy (non-hydrogen) atoms. The Labute approximate surface area is 265 Å². The number of fused-ring (bicyclic) bond motifs is 3. The third-order valence-corrected chi connectivity index (χ3v) is 8.88. The number of hydrogen-bond donors (Lipinski definition) is 0. The fourth-order valence-corrected chi connectivity index (χ4v) is 6.82. The Balaban J connectivity index is 1.38. The Morgan fingerprint density at radius 3 is 1.52 bits per heavy atom. The van der Waals surface area contributed by atoms with Crippen LogP contribution in [0.3, 0.4) is 0 Å². The zero-order valence-corrected chi connectivity index (χ0v) is 24.7. The summed E-state index contributed by atoms with van der Waals surface area (Å²) in [5.41, 5.74) is 10.7. The molecule has 7 aromatic carbocycles. The van der Waals surface area contributed by atoms with Crippen molar-refractivity contribution in [2.75, 3.05) is 0 Å². The van der Waals surface area contributed by atoms with E-state index < -0.39 is 0 Å². The number of oxazole rings is 2. The van der Waals surface area contributed by atoms with Crippen molar-refractivity contribution in [2.45, 2.75) is 0 Å². The molecule has 0 saturated heterocycles. The van der Waals surface area contributed by atoms with E-state index in [4.69, 9.17) is 8.83 Å². The molecule has 0 saturated carbocycles. The molecule has 4 heteroatoms. The van der Waals surface area contributed by atoms with Gasteiger partial charge in [0.1, 0.15) is 23.9 Å². The van der Waals surface area contributed by atoms with Crippen LogP contribution in [0.5, 0.6) is 0 Å². The summed E-state index contributed by atoms with van der Waals surface area (Å²) in [5, 5.41) is 7.20. The monoisotopic (exact) mass is 590 g/mol. The smallest absolute Gasteiger partial charge is 0.181 e. The third kappa shape index (κ3) is 4.31. The molecule has 0 atom stereocenters. The van der Waals surface area contributed by atoms with E-state index in [-0.39, 0.29) is 0 Å². The predicted octanol–water partition coefficient (Wildman–Crippen LogP) is 11.5. The Hall–Kier alpha value is -6.26. The molecular formula is C42H26N2O2. The number of aromatic nitrogens is 2. The molecule has 2 heterocycles. The molecule has 9 rings (SSSR count).